The number of nitrogens with one attached hydrogen (secondary N) is 2. The quantitative estimate of drug-likeness (QED) is 0.340. The summed E-state index contributed by atoms with van der Waals surface area (Å²) in [6.45, 7) is 0.988. The van der Waals surface area contributed by atoms with Gasteiger partial charge in [0.2, 0.25) is 0 Å². The summed E-state index contributed by atoms with van der Waals surface area (Å²) in [4.78, 5) is 33.8. The number of rotatable bonds is 9. The van der Waals surface area contributed by atoms with Crippen molar-refractivity contribution in [1.29, 1.82) is 0 Å². The van der Waals surface area contributed by atoms with Gasteiger partial charge in [0.15, 0.2) is 23.1 Å². The van der Waals surface area contributed by atoms with Crippen LogP contribution < -0.4 is 20.3 Å². The molecule has 1 aliphatic carbocycles. The van der Waals surface area contributed by atoms with Crippen LogP contribution in [0.4, 0.5) is 22.0 Å². The molecule has 1 aromatic carbocycles. The van der Waals surface area contributed by atoms with Crippen molar-refractivity contribution in [2.45, 2.75) is 35.8 Å². The molecule has 1 saturated carbocycles. The second-order valence-electron chi connectivity index (χ2n) is 9.98. The Morgan fingerprint density at radius 1 is 1.07 bits per heavy atom. The molecule has 1 saturated heterocycles. The van der Waals surface area contributed by atoms with Crippen LogP contribution in [0.2, 0.25) is 0 Å². The molecular formula is C23H21B6N9O3. The lowest BCUT2D eigenvalue weighted by atomic mass is 9.49. The summed E-state index contributed by atoms with van der Waals surface area (Å²) in [5.74, 6) is -0.0220. The van der Waals surface area contributed by atoms with E-state index in [1.807, 2.05) is 4.90 Å². The largest absolute Gasteiger partial charge is 0.494 e. The Hall–Kier alpha value is -3.83. The van der Waals surface area contributed by atoms with Gasteiger partial charge in [0, 0.05) is 25.2 Å². The van der Waals surface area contributed by atoms with Crippen LogP contribution in [-0.2, 0) is 5.24 Å². The van der Waals surface area contributed by atoms with E-state index >= 15 is 0 Å². The third kappa shape index (κ3) is 5.96. The van der Waals surface area contributed by atoms with Crippen molar-refractivity contribution in [2.75, 3.05) is 30.4 Å². The highest BCUT2D eigenvalue weighted by Gasteiger charge is 2.38. The molecule has 0 unspecified atom stereocenters. The van der Waals surface area contributed by atoms with Gasteiger partial charge in [-0.3, -0.25) is 14.4 Å². The van der Waals surface area contributed by atoms with E-state index in [-0.39, 0.29) is 35.1 Å². The monoisotopic (exact) mass is 537 g/mol. The Kier molecular flexibility index (Phi) is 7.60. The predicted octanol–water partition coefficient (Wildman–Crippen LogP) is -0.798. The van der Waals surface area contributed by atoms with Gasteiger partial charge in [0.05, 0.1) is 71.1 Å². The van der Waals surface area contributed by atoms with Crippen LogP contribution in [0, 0.1) is 0 Å². The highest BCUT2D eigenvalue weighted by molar-refractivity contribution is 6.60. The van der Waals surface area contributed by atoms with Crippen molar-refractivity contribution in [1.82, 2.24) is 35.2 Å². The Labute approximate surface area is 245 Å². The van der Waals surface area contributed by atoms with Crippen molar-refractivity contribution >= 4 is 76.2 Å². The predicted molar refractivity (Wildman–Crippen MR) is 157 cm³/mol. The van der Waals surface area contributed by atoms with E-state index in [1.165, 1.54) is 24.4 Å². The van der Waals surface area contributed by atoms with Gasteiger partial charge >= 0.3 is 6.03 Å². The lowest BCUT2D eigenvalue weighted by Crippen LogP contribution is -2.50. The van der Waals surface area contributed by atoms with Crippen LogP contribution in [0.15, 0.2) is 30.6 Å². The first-order valence-corrected chi connectivity index (χ1v) is 12.7. The second kappa shape index (κ2) is 10.9. The van der Waals surface area contributed by atoms with Crippen molar-refractivity contribution in [3.8, 4) is 17.1 Å². The summed E-state index contributed by atoms with van der Waals surface area (Å²) in [6, 6.07) is 6.69. The number of aromatic nitrogens is 5. The first-order valence-electron chi connectivity index (χ1n) is 12.7. The molecule has 194 valence electrons. The maximum Gasteiger partial charge on any atom is 0.326 e. The Bertz CT molecular complexity index is 1470. The number of hydrogen-bond acceptors (Lipinski definition) is 8. The fourth-order valence-corrected chi connectivity index (χ4v) is 4.59. The number of para-hydroxylation sites is 1. The average molecular weight is 536 g/mol. The first-order chi connectivity index (χ1) is 19.4. The molecule has 2 fully saturated rings. The molecule has 2 aromatic heterocycles. The molecule has 5 rings (SSSR count). The molecule has 0 atom stereocenters. The average Bonchev–Trinajstić information content (AvgIpc) is 3.50. The van der Waals surface area contributed by atoms with Crippen molar-refractivity contribution < 1.29 is 14.3 Å². The maximum atomic E-state index is 13.2. The fourth-order valence-electron chi connectivity index (χ4n) is 4.59. The number of nitrogens with zero attached hydrogens (tertiary/aromatic N) is 7. The van der Waals surface area contributed by atoms with Gasteiger partial charge in [-0.1, -0.05) is 11.3 Å². The Balaban J connectivity index is 1.52. The molecular weight excluding hydrogens is 515 g/mol. The second-order valence-corrected chi connectivity index (χ2v) is 9.98. The molecule has 3 heterocycles. The summed E-state index contributed by atoms with van der Waals surface area (Å²) in [7, 11) is 35.3. The molecule has 2 N–H and O–H groups in total. The summed E-state index contributed by atoms with van der Waals surface area (Å²) in [6.07, 6.45) is 4.33. The fraction of sp³-hybridized carbons (Fsp3) is 0.391. The van der Waals surface area contributed by atoms with E-state index in [4.69, 9.17) is 51.8 Å². The molecule has 0 spiro atoms. The van der Waals surface area contributed by atoms with E-state index in [9.17, 15) is 9.59 Å². The zero-order valence-corrected chi connectivity index (χ0v) is 22.3. The van der Waals surface area contributed by atoms with Gasteiger partial charge in [-0.15, -0.1) is 10.2 Å². The third-order valence-electron chi connectivity index (χ3n) is 6.78. The molecule has 2 aliphatic rings. The van der Waals surface area contributed by atoms with Gasteiger partial charge < -0.3 is 20.3 Å². The van der Waals surface area contributed by atoms with Gasteiger partial charge in [0.1, 0.15) is 6.33 Å². The third-order valence-corrected chi connectivity index (χ3v) is 6.78. The van der Waals surface area contributed by atoms with Crippen LogP contribution in [0.1, 0.15) is 29.8 Å². The number of carbonyl (C=O) groups is 2. The van der Waals surface area contributed by atoms with Crippen molar-refractivity contribution in [3.05, 3.63) is 36.3 Å². The van der Waals surface area contributed by atoms with Crippen LogP contribution in [-0.4, -0.2) is 120 Å². The van der Waals surface area contributed by atoms with Crippen molar-refractivity contribution in [3.63, 3.8) is 0 Å². The van der Waals surface area contributed by atoms with E-state index in [1.54, 1.807) is 18.2 Å². The van der Waals surface area contributed by atoms with E-state index < -0.39 is 16.4 Å². The van der Waals surface area contributed by atoms with E-state index in [2.05, 4.69) is 30.9 Å². The highest BCUT2D eigenvalue weighted by atomic mass is 16.5. The normalized spacial score (nSPS) is 16.0. The van der Waals surface area contributed by atoms with Gasteiger partial charge in [-0.2, -0.15) is 5.10 Å². The van der Waals surface area contributed by atoms with Crippen LogP contribution >= 0.6 is 0 Å². The Morgan fingerprint density at radius 2 is 1.83 bits per heavy atom. The van der Waals surface area contributed by atoms with Gasteiger partial charge in [-0.25, -0.2) is 9.78 Å². The number of urea groups is 1. The van der Waals surface area contributed by atoms with Crippen LogP contribution in [0.3, 0.4) is 0 Å². The molecule has 3 aromatic rings. The molecule has 0 bridgehead atoms. The summed E-state index contributed by atoms with van der Waals surface area (Å²) in [5, 5.41) is 14.1. The number of benzene rings is 1. The first kappa shape index (κ1) is 28.7. The lowest BCUT2D eigenvalue weighted by Gasteiger charge is -2.34. The maximum absolute atomic E-state index is 13.2. The number of ether oxygens (including phenoxy) is 1. The molecule has 3 amide bonds. The van der Waals surface area contributed by atoms with Gasteiger partial charge in [-0.05, 0) is 36.6 Å². The van der Waals surface area contributed by atoms with Crippen LogP contribution in [0.25, 0.3) is 11.4 Å². The summed E-state index contributed by atoms with van der Waals surface area (Å²) >= 11 is 0. The minimum atomic E-state index is -2.02. The molecule has 41 heavy (non-hydrogen) atoms. The molecule has 12 radical (unpaired) electrons. The minimum absolute atomic E-state index is 0.172. The van der Waals surface area contributed by atoms with E-state index in [0.29, 0.717) is 30.1 Å². The lowest BCUT2D eigenvalue weighted by molar-refractivity contribution is 0.0947. The van der Waals surface area contributed by atoms with Crippen molar-refractivity contribution in [2.24, 2.45) is 0 Å². The molecule has 18 heteroatoms. The van der Waals surface area contributed by atoms with Crippen LogP contribution in [0.5, 0.6) is 5.75 Å². The zero-order valence-electron chi connectivity index (χ0n) is 22.3. The number of methoxy groups -OCH3 is 1. The Morgan fingerprint density at radius 3 is 2.44 bits per heavy atom. The topological polar surface area (TPSA) is 130 Å². The number of anilines is 3. The summed E-state index contributed by atoms with van der Waals surface area (Å²) in [5.41, 5.74) is 0.850. The molecule has 1 aliphatic heterocycles. The minimum Gasteiger partial charge on any atom is -0.494 e. The number of amides is 3. The highest BCUT2D eigenvalue weighted by Crippen LogP contribution is 2.38. The summed E-state index contributed by atoms with van der Waals surface area (Å²) < 4.78 is 6.77. The smallest absolute Gasteiger partial charge is 0.326 e. The zero-order chi connectivity index (χ0) is 29.5. The number of hydrogen-bond donors (Lipinski definition) is 2. The molecule has 12 nitrogen and oxygen atoms in total. The van der Waals surface area contributed by atoms with E-state index in [0.717, 1.165) is 23.9 Å². The SMILES string of the molecule is [B]C([B])([B])NC(=O)c1nnc(N2CCN(C3CCC3)C2=O)cc1Nc1cccc(-c2ncn(C([B])([B])[B])n2)c1OC. The van der Waals surface area contributed by atoms with Gasteiger partial charge in [0.25, 0.3) is 5.91 Å². The standard InChI is InChI=1S/C23H21B6N9O3/c1-41-18-13(19-30-11-38(35-19)23(27,28)29)6-3-7-14(18)31-15-10-16(33-34-17(15)20(39)32-22(24,25)26)37-9-8-36(21(37)40)12-4-2-5-12/h3,6-7,10-12H,2,4-5,8-9H2,1H3,(H,31,33)(H,32,39). The number of carbonyl (C=O) groups excluding carboxylic acids is 2.